The maximum Gasteiger partial charge on any atom is 0.193 e. The summed E-state index contributed by atoms with van der Waals surface area (Å²) in [6.45, 7) is 0. The van der Waals surface area contributed by atoms with Crippen LogP contribution in [0.1, 0.15) is 0 Å². The predicted molar refractivity (Wildman–Crippen MR) is 44.2 cm³/mol. The highest BCUT2D eigenvalue weighted by Gasteiger charge is 2.10. The topological polar surface area (TPSA) is 33.1 Å². The molecule has 0 amide bonds. The molecule has 2 aromatic rings. The molecular formula is C5H2ClNOS2. The summed E-state index contributed by atoms with van der Waals surface area (Å²) >= 11 is 8.36. The third-order valence-corrected chi connectivity index (χ3v) is 3.58. The van der Waals surface area contributed by atoms with E-state index in [0.29, 0.717) is 5.02 Å². The van der Waals surface area contributed by atoms with Crippen molar-refractivity contribution in [3.63, 3.8) is 0 Å². The molecule has 1 N–H and O–H groups in total. The van der Waals surface area contributed by atoms with Crippen molar-refractivity contribution in [1.29, 1.82) is 0 Å². The van der Waals surface area contributed by atoms with Crippen molar-refractivity contribution in [1.82, 2.24) is 4.98 Å². The lowest BCUT2D eigenvalue weighted by Gasteiger charge is -1.79. The van der Waals surface area contributed by atoms with Crippen molar-refractivity contribution in [2.75, 3.05) is 0 Å². The molecule has 2 nitrogen and oxygen atoms in total. The second kappa shape index (κ2) is 2.08. The van der Waals surface area contributed by atoms with E-state index in [9.17, 15) is 0 Å². The van der Waals surface area contributed by atoms with Crippen LogP contribution in [0.4, 0.5) is 0 Å². The average molecular weight is 192 g/mol. The first kappa shape index (κ1) is 6.39. The van der Waals surface area contributed by atoms with Crippen molar-refractivity contribution in [2.24, 2.45) is 0 Å². The van der Waals surface area contributed by atoms with E-state index in [1.54, 1.807) is 5.51 Å². The van der Waals surface area contributed by atoms with Gasteiger partial charge in [-0.15, -0.1) is 11.3 Å². The van der Waals surface area contributed by atoms with Gasteiger partial charge in [0.2, 0.25) is 0 Å². The fraction of sp³-hybridized carbons (Fsp3) is 0. The molecule has 0 atom stereocenters. The van der Waals surface area contributed by atoms with Crippen LogP contribution in [0.5, 0.6) is 5.06 Å². The van der Waals surface area contributed by atoms with Gasteiger partial charge >= 0.3 is 0 Å². The zero-order chi connectivity index (χ0) is 7.14. The van der Waals surface area contributed by atoms with Crippen molar-refractivity contribution >= 4 is 43.8 Å². The zero-order valence-corrected chi connectivity index (χ0v) is 7.06. The molecule has 2 aromatic heterocycles. The van der Waals surface area contributed by atoms with Gasteiger partial charge in [0.05, 0.1) is 10.2 Å². The molecule has 0 spiro atoms. The van der Waals surface area contributed by atoms with Gasteiger partial charge in [0.1, 0.15) is 9.85 Å². The van der Waals surface area contributed by atoms with E-state index in [0.717, 1.165) is 9.53 Å². The number of thiophene rings is 1. The minimum Gasteiger partial charge on any atom is -0.498 e. The van der Waals surface area contributed by atoms with Crippen LogP contribution in [0.15, 0.2) is 5.51 Å². The molecule has 0 radical (unpaired) electrons. The zero-order valence-electron chi connectivity index (χ0n) is 4.67. The maximum atomic E-state index is 9.09. The van der Waals surface area contributed by atoms with Crippen LogP contribution in [-0.4, -0.2) is 10.1 Å². The Morgan fingerprint density at radius 3 is 3.10 bits per heavy atom. The molecule has 0 aliphatic carbocycles. The molecule has 0 aliphatic rings. The summed E-state index contributed by atoms with van der Waals surface area (Å²) < 4.78 is 0.879. The number of halogens is 1. The van der Waals surface area contributed by atoms with Gasteiger partial charge in [0.25, 0.3) is 0 Å². The Bertz CT molecular complexity index is 366. The first-order valence-electron chi connectivity index (χ1n) is 2.49. The SMILES string of the molecule is Oc1sc2ncsc2c1Cl. The number of hydrogen-bond acceptors (Lipinski definition) is 4. The lowest BCUT2D eigenvalue weighted by Crippen LogP contribution is -1.49. The fourth-order valence-corrected chi connectivity index (χ4v) is 2.78. The first-order valence-corrected chi connectivity index (χ1v) is 4.57. The van der Waals surface area contributed by atoms with Crippen LogP contribution in [0.25, 0.3) is 9.53 Å². The molecule has 52 valence electrons. The van der Waals surface area contributed by atoms with Crippen LogP contribution in [0, 0.1) is 0 Å². The number of rotatable bonds is 0. The number of fused-ring (bicyclic) bond motifs is 1. The third-order valence-electron chi connectivity index (χ3n) is 1.12. The summed E-state index contributed by atoms with van der Waals surface area (Å²) in [5.74, 6) is 0. The molecule has 10 heavy (non-hydrogen) atoms. The van der Waals surface area contributed by atoms with Gasteiger partial charge in [-0.1, -0.05) is 22.9 Å². The van der Waals surface area contributed by atoms with E-state index in [4.69, 9.17) is 16.7 Å². The van der Waals surface area contributed by atoms with Gasteiger partial charge in [-0.3, -0.25) is 0 Å². The number of aromatic nitrogens is 1. The number of aromatic hydroxyl groups is 1. The molecule has 5 heteroatoms. The van der Waals surface area contributed by atoms with Gasteiger partial charge in [0.15, 0.2) is 5.06 Å². The average Bonchev–Trinajstić information content (AvgIpc) is 2.41. The Morgan fingerprint density at radius 1 is 1.60 bits per heavy atom. The van der Waals surface area contributed by atoms with Crippen molar-refractivity contribution < 1.29 is 5.11 Å². The van der Waals surface area contributed by atoms with Crippen LogP contribution in [0.3, 0.4) is 0 Å². The quantitative estimate of drug-likeness (QED) is 0.695. The summed E-state index contributed by atoms with van der Waals surface area (Å²) in [6, 6.07) is 0. The summed E-state index contributed by atoms with van der Waals surface area (Å²) in [5.41, 5.74) is 1.71. The predicted octanol–water partition coefficient (Wildman–Crippen LogP) is 2.72. The van der Waals surface area contributed by atoms with Gasteiger partial charge in [-0.2, -0.15) is 0 Å². The van der Waals surface area contributed by atoms with E-state index >= 15 is 0 Å². The second-order valence-electron chi connectivity index (χ2n) is 1.71. The Hall–Kier alpha value is -0.320. The monoisotopic (exact) mass is 191 g/mol. The van der Waals surface area contributed by atoms with E-state index in [2.05, 4.69) is 4.98 Å². The Morgan fingerprint density at radius 2 is 2.40 bits per heavy atom. The second-order valence-corrected chi connectivity index (χ2v) is 3.92. The molecule has 0 unspecified atom stereocenters. The molecule has 0 saturated heterocycles. The Labute approximate surface area is 69.7 Å². The number of nitrogens with zero attached hydrogens (tertiary/aromatic N) is 1. The Kier molecular flexibility index (Phi) is 1.33. The highest BCUT2D eigenvalue weighted by molar-refractivity contribution is 7.28. The summed E-state index contributed by atoms with van der Waals surface area (Å²) in [7, 11) is 0. The van der Waals surface area contributed by atoms with Crippen molar-refractivity contribution in [2.45, 2.75) is 0 Å². The summed E-state index contributed by atoms with van der Waals surface area (Å²) in [4.78, 5) is 4.81. The van der Waals surface area contributed by atoms with Crippen LogP contribution >= 0.6 is 34.3 Å². The molecule has 0 aromatic carbocycles. The summed E-state index contributed by atoms with van der Waals surface area (Å²) in [6.07, 6.45) is 0. The van der Waals surface area contributed by atoms with Crippen LogP contribution in [0.2, 0.25) is 5.02 Å². The van der Waals surface area contributed by atoms with Crippen LogP contribution in [-0.2, 0) is 0 Å². The molecule has 2 rings (SSSR count). The lowest BCUT2D eigenvalue weighted by molar-refractivity contribution is 0.491. The van der Waals surface area contributed by atoms with E-state index in [-0.39, 0.29) is 5.06 Å². The van der Waals surface area contributed by atoms with E-state index in [1.165, 1.54) is 22.7 Å². The maximum absolute atomic E-state index is 9.09. The molecule has 0 bridgehead atoms. The minimum absolute atomic E-state index is 0.163. The Balaban J connectivity index is 2.95. The summed E-state index contributed by atoms with van der Waals surface area (Å²) in [5, 5.41) is 9.68. The number of thiazole rings is 1. The molecule has 0 aliphatic heterocycles. The lowest BCUT2D eigenvalue weighted by atomic mass is 10.6. The number of hydrogen-bond donors (Lipinski definition) is 1. The third kappa shape index (κ3) is 0.729. The smallest absolute Gasteiger partial charge is 0.193 e. The molecule has 0 saturated carbocycles. The van der Waals surface area contributed by atoms with E-state index in [1.807, 2.05) is 0 Å². The largest absolute Gasteiger partial charge is 0.498 e. The molecular weight excluding hydrogens is 190 g/mol. The van der Waals surface area contributed by atoms with Gasteiger partial charge in [0, 0.05) is 0 Å². The highest BCUT2D eigenvalue weighted by atomic mass is 35.5. The highest BCUT2D eigenvalue weighted by Crippen LogP contribution is 2.41. The minimum atomic E-state index is 0.163. The van der Waals surface area contributed by atoms with E-state index < -0.39 is 0 Å². The van der Waals surface area contributed by atoms with Gasteiger partial charge in [-0.25, -0.2) is 4.98 Å². The van der Waals surface area contributed by atoms with Crippen molar-refractivity contribution in [3.05, 3.63) is 10.5 Å². The van der Waals surface area contributed by atoms with Crippen molar-refractivity contribution in [3.8, 4) is 5.06 Å². The van der Waals surface area contributed by atoms with Gasteiger partial charge < -0.3 is 5.11 Å². The first-order chi connectivity index (χ1) is 4.79. The van der Waals surface area contributed by atoms with Crippen LogP contribution < -0.4 is 0 Å². The fourth-order valence-electron chi connectivity index (χ4n) is 0.688. The normalized spacial score (nSPS) is 10.9. The molecule has 0 fully saturated rings. The van der Waals surface area contributed by atoms with Gasteiger partial charge in [-0.05, 0) is 0 Å². The molecule has 2 heterocycles. The standard InChI is InChI=1S/C5H2ClNOS2/c6-2-3-4(7-1-9-3)10-5(2)8/h1,8H.